The van der Waals surface area contributed by atoms with Gasteiger partial charge in [-0.2, -0.15) is 12.9 Å². The summed E-state index contributed by atoms with van der Waals surface area (Å²) in [5.41, 5.74) is 0. The van der Waals surface area contributed by atoms with Crippen LogP contribution < -0.4 is 0 Å². The van der Waals surface area contributed by atoms with Crippen molar-refractivity contribution in [3.8, 4) is 0 Å². The average Bonchev–Trinajstić information content (AvgIpc) is 2.67. The maximum Gasteiger partial charge on any atom is 0.243 e. The summed E-state index contributed by atoms with van der Waals surface area (Å²) < 4.78 is 78.6. The number of piperazine rings is 1. The Morgan fingerprint density at radius 3 is 1.69 bits per heavy atom. The Balaban J connectivity index is 1.77. The second-order valence-corrected chi connectivity index (χ2v) is 13.3. The predicted octanol–water partition coefficient (Wildman–Crippen LogP) is 0.516. The lowest BCUT2D eigenvalue weighted by Crippen LogP contribution is -2.50. The molecule has 0 amide bonds. The highest BCUT2D eigenvalue weighted by molar-refractivity contribution is 7.89. The van der Waals surface area contributed by atoms with Gasteiger partial charge in [0.05, 0.1) is 16.0 Å². The Hall–Kier alpha value is -1.05. The van der Waals surface area contributed by atoms with Gasteiger partial charge in [-0.05, 0) is 44.0 Å². The third-order valence-corrected chi connectivity index (χ3v) is 10.7. The van der Waals surface area contributed by atoms with Crippen LogP contribution in [0.5, 0.6) is 0 Å². The van der Waals surface area contributed by atoms with Gasteiger partial charge in [0.2, 0.25) is 30.1 Å². The van der Waals surface area contributed by atoms with Crippen molar-refractivity contribution in [2.24, 2.45) is 0 Å². The van der Waals surface area contributed by atoms with E-state index in [-0.39, 0.29) is 42.0 Å². The second-order valence-electron chi connectivity index (χ2n) is 7.50. The minimum Gasteiger partial charge on any atom is -0.213 e. The highest BCUT2D eigenvalue weighted by Crippen LogP contribution is 2.26. The summed E-state index contributed by atoms with van der Waals surface area (Å²) in [5, 5.41) is 0. The molecule has 0 aliphatic carbocycles. The molecule has 0 N–H and O–H groups in total. The van der Waals surface area contributed by atoms with Gasteiger partial charge in [0.1, 0.15) is 0 Å². The van der Waals surface area contributed by atoms with Gasteiger partial charge in [-0.3, -0.25) is 0 Å². The number of hydrogen-bond acceptors (Lipinski definition) is 6. The van der Waals surface area contributed by atoms with E-state index >= 15 is 0 Å². The van der Waals surface area contributed by atoms with Crippen molar-refractivity contribution in [1.29, 1.82) is 0 Å². The largest absolute Gasteiger partial charge is 0.243 e. The highest BCUT2D eigenvalue weighted by atomic mass is 32.2. The Bertz CT molecular complexity index is 1040. The molecular weight excluding hydrogens is 438 g/mol. The molecule has 0 unspecified atom stereocenters. The molecule has 2 aliphatic rings. The summed E-state index contributed by atoms with van der Waals surface area (Å²) in [7, 11) is -10.9. The van der Waals surface area contributed by atoms with Gasteiger partial charge in [0.25, 0.3) is 0 Å². The second kappa shape index (κ2) is 8.23. The third-order valence-electron chi connectivity index (χ3n) is 5.48. The molecule has 1 aromatic carbocycles. The molecule has 0 bridgehead atoms. The van der Waals surface area contributed by atoms with E-state index in [9.17, 15) is 25.3 Å². The fourth-order valence-electron chi connectivity index (χ4n) is 3.74. The average molecular weight is 466 g/mol. The number of sulfonamides is 3. The van der Waals surface area contributed by atoms with Crippen molar-refractivity contribution in [3.05, 3.63) is 24.3 Å². The van der Waals surface area contributed by atoms with Crippen LogP contribution in [0.3, 0.4) is 0 Å². The molecule has 1 atom stereocenters. The molecule has 164 valence electrons. The summed E-state index contributed by atoms with van der Waals surface area (Å²) in [6.07, 6.45) is 3.72. The van der Waals surface area contributed by atoms with E-state index in [4.69, 9.17) is 0 Å². The number of nitrogens with zero attached hydrogens (tertiary/aromatic N) is 3. The van der Waals surface area contributed by atoms with Crippen molar-refractivity contribution in [3.63, 3.8) is 0 Å². The maximum atomic E-state index is 12.9. The van der Waals surface area contributed by atoms with Crippen LogP contribution in [0.4, 0.5) is 0 Å². The summed E-state index contributed by atoms with van der Waals surface area (Å²) in [6.45, 7) is 2.65. The van der Waals surface area contributed by atoms with E-state index < -0.39 is 30.1 Å². The molecule has 3 rings (SSSR count). The summed E-state index contributed by atoms with van der Waals surface area (Å²) >= 11 is 0. The van der Waals surface area contributed by atoms with Gasteiger partial charge in [0.15, 0.2) is 0 Å². The van der Waals surface area contributed by atoms with Crippen LogP contribution in [-0.4, -0.2) is 83.2 Å². The Morgan fingerprint density at radius 1 is 0.724 bits per heavy atom. The Kier molecular flexibility index (Phi) is 6.42. The summed E-state index contributed by atoms with van der Waals surface area (Å²) in [5.74, 6) is 0. The lowest BCUT2D eigenvalue weighted by atomic mass is 10.1. The van der Waals surface area contributed by atoms with Crippen molar-refractivity contribution in [2.75, 3.05) is 39.0 Å². The zero-order chi connectivity index (χ0) is 21.4. The van der Waals surface area contributed by atoms with E-state index in [1.807, 2.05) is 6.92 Å². The minimum absolute atomic E-state index is 0.00375. The van der Waals surface area contributed by atoms with Crippen LogP contribution in [0.1, 0.15) is 26.2 Å². The van der Waals surface area contributed by atoms with Gasteiger partial charge in [-0.1, -0.05) is 6.42 Å². The van der Waals surface area contributed by atoms with Crippen molar-refractivity contribution in [2.45, 2.75) is 42.0 Å². The molecule has 9 nitrogen and oxygen atoms in total. The number of hydrogen-bond donors (Lipinski definition) is 0. The topological polar surface area (TPSA) is 112 Å². The zero-order valence-corrected chi connectivity index (χ0v) is 19.0. The monoisotopic (exact) mass is 465 g/mol. The van der Waals surface area contributed by atoms with Crippen LogP contribution in [0.25, 0.3) is 0 Å². The first-order valence-corrected chi connectivity index (χ1v) is 14.2. The lowest BCUT2D eigenvalue weighted by Gasteiger charge is -2.33. The molecule has 2 fully saturated rings. The first-order valence-electron chi connectivity index (χ1n) is 9.51. The van der Waals surface area contributed by atoms with Crippen LogP contribution >= 0.6 is 0 Å². The SMILES string of the molecule is C[C@H]1CCCCN1S(=O)(=O)c1ccc(S(=O)(=O)N2CCN(S(C)(=O)=O)CC2)cc1. The van der Waals surface area contributed by atoms with Crippen molar-refractivity contribution < 1.29 is 25.3 Å². The number of rotatable bonds is 5. The molecule has 2 aliphatic heterocycles. The molecule has 2 heterocycles. The fraction of sp³-hybridized carbons (Fsp3) is 0.647. The first-order chi connectivity index (χ1) is 13.4. The van der Waals surface area contributed by atoms with E-state index in [1.54, 1.807) is 0 Å². The summed E-state index contributed by atoms with van der Waals surface area (Å²) in [4.78, 5) is 0.0723. The molecule has 0 aromatic heterocycles. The van der Waals surface area contributed by atoms with Crippen LogP contribution in [0.2, 0.25) is 0 Å². The van der Waals surface area contributed by atoms with Crippen LogP contribution in [0, 0.1) is 0 Å². The van der Waals surface area contributed by atoms with Crippen molar-refractivity contribution in [1.82, 2.24) is 12.9 Å². The molecule has 0 saturated carbocycles. The van der Waals surface area contributed by atoms with Gasteiger partial charge in [-0.15, -0.1) is 0 Å². The van der Waals surface area contributed by atoms with Crippen LogP contribution in [-0.2, 0) is 30.1 Å². The molecule has 1 aromatic rings. The van der Waals surface area contributed by atoms with Gasteiger partial charge < -0.3 is 0 Å². The molecule has 2 saturated heterocycles. The van der Waals surface area contributed by atoms with Crippen molar-refractivity contribution >= 4 is 30.1 Å². The van der Waals surface area contributed by atoms with E-state index in [1.165, 1.54) is 37.2 Å². The number of benzene rings is 1. The highest BCUT2D eigenvalue weighted by Gasteiger charge is 2.33. The Labute approximate surface area is 173 Å². The zero-order valence-electron chi connectivity index (χ0n) is 16.6. The van der Waals surface area contributed by atoms with E-state index in [0.717, 1.165) is 25.5 Å². The molecule has 0 spiro atoms. The first kappa shape index (κ1) is 22.6. The molecule has 12 heteroatoms. The lowest BCUT2D eigenvalue weighted by molar-refractivity contribution is 0.268. The smallest absolute Gasteiger partial charge is 0.213 e. The molecule has 29 heavy (non-hydrogen) atoms. The van der Waals surface area contributed by atoms with Gasteiger partial charge in [0, 0.05) is 38.8 Å². The van der Waals surface area contributed by atoms with Gasteiger partial charge >= 0.3 is 0 Å². The number of piperidine rings is 1. The maximum absolute atomic E-state index is 12.9. The normalized spacial score (nSPS) is 23.9. The summed E-state index contributed by atoms with van der Waals surface area (Å²) in [6, 6.07) is 5.19. The quantitative estimate of drug-likeness (QED) is 0.627. The Morgan fingerprint density at radius 2 is 1.21 bits per heavy atom. The molecule has 0 radical (unpaired) electrons. The van der Waals surface area contributed by atoms with E-state index in [0.29, 0.717) is 6.54 Å². The standard InChI is InChI=1S/C17H27N3O6S3/c1-15-5-3-4-10-20(15)29(25,26)17-8-6-16(7-9-17)28(23,24)19-13-11-18(12-14-19)27(2,21)22/h6-9,15H,3-5,10-14H2,1-2H3/t15-/m0/s1. The minimum atomic E-state index is -3.83. The van der Waals surface area contributed by atoms with Gasteiger partial charge in [-0.25, -0.2) is 25.3 Å². The predicted molar refractivity (Wildman–Crippen MR) is 109 cm³/mol. The third kappa shape index (κ3) is 4.67. The molecular formula is C17H27N3O6S3. The fourth-order valence-corrected chi connectivity index (χ4v) is 7.69. The van der Waals surface area contributed by atoms with Crippen LogP contribution in [0.15, 0.2) is 34.1 Å². The van der Waals surface area contributed by atoms with E-state index in [2.05, 4.69) is 0 Å².